The average Bonchev–Trinajstić information content (AvgIpc) is 2.14. The van der Waals surface area contributed by atoms with E-state index in [-0.39, 0.29) is 17.3 Å². The molecule has 10 heavy (non-hydrogen) atoms. The first-order valence-corrected chi connectivity index (χ1v) is 3.15. The molecule has 0 unspecified atom stereocenters. The van der Waals surface area contributed by atoms with E-state index >= 15 is 0 Å². The van der Waals surface area contributed by atoms with Crippen LogP contribution in [-0.2, 0) is 0 Å². The van der Waals surface area contributed by atoms with Crippen LogP contribution in [0.2, 0.25) is 0 Å². The Labute approximate surface area is 67.9 Å². The molecule has 1 heterocycles. The van der Waals surface area contributed by atoms with Crippen molar-refractivity contribution in [3.8, 4) is 0 Å². The Hall–Kier alpha value is -0.740. The number of carboxylic acids is 1. The summed E-state index contributed by atoms with van der Waals surface area (Å²) < 4.78 is 0. The first-order chi connectivity index (χ1) is 4.20. The Morgan fingerprint density at radius 1 is 1.70 bits per heavy atom. The predicted molar refractivity (Wildman–Crippen MR) is 42.9 cm³/mol. The molecule has 1 rings (SSSR count). The molecule has 0 amide bonds. The Kier molecular flexibility index (Phi) is 3.18. The number of aromatic carboxylic acids is 1. The maximum absolute atomic E-state index is 10.2. The molecule has 3 nitrogen and oxygen atoms in total. The SMILES string of the molecule is Cl.Nc1csc(C(=O)O)c1. The summed E-state index contributed by atoms with van der Waals surface area (Å²) in [6.07, 6.45) is 0. The van der Waals surface area contributed by atoms with Crippen LogP contribution in [0.4, 0.5) is 5.69 Å². The summed E-state index contributed by atoms with van der Waals surface area (Å²) in [4.78, 5) is 10.5. The fourth-order valence-electron chi connectivity index (χ4n) is 0.463. The summed E-state index contributed by atoms with van der Waals surface area (Å²) in [7, 11) is 0. The van der Waals surface area contributed by atoms with Crippen molar-refractivity contribution < 1.29 is 9.90 Å². The molecule has 0 saturated carbocycles. The van der Waals surface area contributed by atoms with Gasteiger partial charge in [-0.15, -0.1) is 23.7 Å². The zero-order valence-corrected chi connectivity index (χ0v) is 6.54. The van der Waals surface area contributed by atoms with Crippen LogP contribution in [-0.4, -0.2) is 11.1 Å². The molecule has 0 aliphatic rings. The minimum Gasteiger partial charge on any atom is -0.477 e. The second-order valence-electron chi connectivity index (χ2n) is 1.55. The summed E-state index contributed by atoms with van der Waals surface area (Å²) in [6, 6.07) is 1.44. The lowest BCUT2D eigenvalue weighted by molar-refractivity contribution is 0.0702. The molecule has 0 radical (unpaired) electrons. The minimum atomic E-state index is -0.920. The van der Waals surface area contributed by atoms with Crippen molar-refractivity contribution >= 4 is 35.4 Å². The Morgan fingerprint density at radius 2 is 2.30 bits per heavy atom. The van der Waals surface area contributed by atoms with E-state index in [9.17, 15) is 4.79 Å². The fraction of sp³-hybridized carbons (Fsp3) is 0. The van der Waals surface area contributed by atoms with Crippen LogP contribution in [0.25, 0.3) is 0 Å². The molecular formula is C5H6ClNO2S. The van der Waals surface area contributed by atoms with Crippen LogP contribution in [0, 0.1) is 0 Å². The minimum absolute atomic E-state index is 0. The van der Waals surface area contributed by atoms with Gasteiger partial charge in [-0.25, -0.2) is 4.79 Å². The van der Waals surface area contributed by atoms with Crippen molar-refractivity contribution in [1.82, 2.24) is 0 Å². The van der Waals surface area contributed by atoms with Crippen molar-refractivity contribution in [2.75, 3.05) is 5.73 Å². The molecule has 0 spiro atoms. The molecule has 56 valence electrons. The molecule has 0 bridgehead atoms. The molecule has 0 atom stereocenters. The lowest BCUT2D eigenvalue weighted by Crippen LogP contribution is -1.90. The molecule has 1 aromatic heterocycles. The highest BCUT2D eigenvalue weighted by Gasteiger charge is 2.03. The first-order valence-electron chi connectivity index (χ1n) is 2.27. The third-order valence-electron chi connectivity index (χ3n) is 0.831. The van der Waals surface area contributed by atoms with E-state index in [0.717, 1.165) is 11.3 Å². The molecule has 1 aromatic rings. The normalized spacial score (nSPS) is 8.40. The van der Waals surface area contributed by atoms with E-state index in [2.05, 4.69) is 0 Å². The first kappa shape index (κ1) is 9.26. The third-order valence-corrected chi connectivity index (χ3v) is 1.77. The molecule has 0 aliphatic carbocycles. The van der Waals surface area contributed by atoms with Gasteiger partial charge in [0.2, 0.25) is 0 Å². The number of nitrogens with two attached hydrogens (primary N) is 1. The van der Waals surface area contributed by atoms with Crippen LogP contribution >= 0.6 is 23.7 Å². The van der Waals surface area contributed by atoms with Gasteiger partial charge in [-0.05, 0) is 6.07 Å². The number of thiophene rings is 1. The van der Waals surface area contributed by atoms with Crippen molar-refractivity contribution in [2.24, 2.45) is 0 Å². The number of hydrogen-bond donors (Lipinski definition) is 2. The van der Waals surface area contributed by atoms with Gasteiger partial charge >= 0.3 is 5.97 Å². The Morgan fingerprint density at radius 3 is 2.50 bits per heavy atom. The van der Waals surface area contributed by atoms with Crippen LogP contribution in [0.15, 0.2) is 11.4 Å². The van der Waals surface area contributed by atoms with E-state index in [1.807, 2.05) is 0 Å². The summed E-state index contributed by atoms with van der Waals surface area (Å²) in [5.41, 5.74) is 5.77. The van der Waals surface area contributed by atoms with E-state index in [4.69, 9.17) is 10.8 Å². The molecular weight excluding hydrogens is 174 g/mol. The zero-order chi connectivity index (χ0) is 6.85. The van der Waals surface area contributed by atoms with Crippen molar-refractivity contribution in [3.63, 3.8) is 0 Å². The highest BCUT2D eigenvalue weighted by molar-refractivity contribution is 7.12. The van der Waals surface area contributed by atoms with Crippen LogP contribution in [0.1, 0.15) is 9.67 Å². The highest BCUT2D eigenvalue weighted by atomic mass is 35.5. The average molecular weight is 180 g/mol. The van der Waals surface area contributed by atoms with Gasteiger partial charge in [-0.2, -0.15) is 0 Å². The molecule has 0 aliphatic heterocycles. The Balaban J connectivity index is 0.000000810. The number of rotatable bonds is 1. The summed E-state index contributed by atoms with van der Waals surface area (Å²) >= 11 is 1.13. The van der Waals surface area contributed by atoms with Crippen LogP contribution in [0.3, 0.4) is 0 Å². The van der Waals surface area contributed by atoms with Gasteiger partial charge in [0.25, 0.3) is 0 Å². The van der Waals surface area contributed by atoms with Crippen LogP contribution < -0.4 is 5.73 Å². The zero-order valence-electron chi connectivity index (χ0n) is 4.90. The quantitative estimate of drug-likeness (QED) is 0.686. The number of anilines is 1. The fourth-order valence-corrected chi connectivity index (χ4v) is 1.10. The van der Waals surface area contributed by atoms with E-state index in [1.54, 1.807) is 5.38 Å². The second-order valence-corrected chi connectivity index (χ2v) is 2.46. The summed E-state index contributed by atoms with van der Waals surface area (Å²) in [5, 5.41) is 9.95. The van der Waals surface area contributed by atoms with Crippen molar-refractivity contribution in [1.29, 1.82) is 0 Å². The molecule has 0 aromatic carbocycles. The summed E-state index contributed by atoms with van der Waals surface area (Å²) in [6.45, 7) is 0. The number of halogens is 1. The van der Waals surface area contributed by atoms with Gasteiger partial charge in [0.1, 0.15) is 4.88 Å². The lowest BCUT2D eigenvalue weighted by Gasteiger charge is -1.79. The van der Waals surface area contributed by atoms with Gasteiger partial charge in [0, 0.05) is 11.1 Å². The lowest BCUT2D eigenvalue weighted by atomic mass is 10.4. The molecule has 3 N–H and O–H groups in total. The van der Waals surface area contributed by atoms with E-state index in [0.29, 0.717) is 5.69 Å². The van der Waals surface area contributed by atoms with Crippen LogP contribution in [0.5, 0.6) is 0 Å². The molecule has 5 heteroatoms. The van der Waals surface area contributed by atoms with Gasteiger partial charge in [0.15, 0.2) is 0 Å². The Bertz CT molecular complexity index is 235. The van der Waals surface area contributed by atoms with Crippen molar-refractivity contribution in [2.45, 2.75) is 0 Å². The van der Waals surface area contributed by atoms with Gasteiger partial charge in [0.05, 0.1) is 0 Å². The highest BCUT2D eigenvalue weighted by Crippen LogP contribution is 2.15. The maximum Gasteiger partial charge on any atom is 0.345 e. The van der Waals surface area contributed by atoms with E-state index < -0.39 is 5.97 Å². The van der Waals surface area contributed by atoms with Gasteiger partial charge in [-0.3, -0.25) is 0 Å². The number of carboxylic acid groups (broad SMARTS) is 1. The maximum atomic E-state index is 10.2. The number of carbonyl (C=O) groups is 1. The summed E-state index contributed by atoms with van der Waals surface area (Å²) in [5.74, 6) is -0.920. The predicted octanol–water partition coefficient (Wildman–Crippen LogP) is 1.45. The molecule has 0 saturated heterocycles. The topological polar surface area (TPSA) is 63.3 Å². The second kappa shape index (κ2) is 3.43. The smallest absolute Gasteiger partial charge is 0.345 e. The number of hydrogen-bond acceptors (Lipinski definition) is 3. The standard InChI is InChI=1S/C5H5NO2S.ClH/c6-3-1-4(5(7)8)9-2-3;/h1-2H,6H2,(H,7,8);1H. The molecule has 0 fully saturated rings. The monoisotopic (exact) mass is 179 g/mol. The van der Waals surface area contributed by atoms with Crippen molar-refractivity contribution in [3.05, 3.63) is 16.3 Å². The van der Waals surface area contributed by atoms with E-state index in [1.165, 1.54) is 6.07 Å². The largest absolute Gasteiger partial charge is 0.477 e. The van der Waals surface area contributed by atoms with Gasteiger partial charge in [-0.1, -0.05) is 0 Å². The number of nitrogen functional groups attached to an aromatic ring is 1. The third kappa shape index (κ3) is 1.89. The van der Waals surface area contributed by atoms with Gasteiger partial charge < -0.3 is 10.8 Å².